The number of carbonyl (C=O) groups excluding carboxylic acids is 2. The summed E-state index contributed by atoms with van der Waals surface area (Å²) in [5.74, 6) is -0.564. The molecule has 0 fully saturated rings. The van der Waals surface area contributed by atoms with Gasteiger partial charge >= 0.3 is 11.9 Å². The van der Waals surface area contributed by atoms with Crippen LogP contribution in [0.15, 0.2) is 35.6 Å². The highest BCUT2D eigenvalue weighted by Gasteiger charge is 2.15. The van der Waals surface area contributed by atoms with E-state index < -0.39 is 11.9 Å². The second kappa shape index (κ2) is 7.20. The minimum absolute atomic E-state index is 0.203. The largest absolute Gasteiger partial charge is 0.423 e. The lowest BCUT2D eigenvalue weighted by Crippen LogP contribution is -2.07. The standard InChI is InChI=1S/C17H14N2O4S2/c1-9(20)22-13-5-4-11(6-14(13)23-10(2)21)15-7-12-16(24-3)18-8-19-17(12)25-15/h4-8H,1-3H3. The number of hydrogen-bond donors (Lipinski definition) is 0. The Bertz CT molecular complexity index is 968. The first-order valence-electron chi connectivity index (χ1n) is 7.27. The highest BCUT2D eigenvalue weighted by atomic mass is 32.2. The molecule has 0 amide bonds. The Morgan fingerprint density at radius 3 is 2.44 bits per heavy atom. The van der Waals surface area contributed by atoms with Crippen molar-refractivity contribution in [3.8, 4) is 21.9 Å². The monoisotopic (exact) mass is 374 g/mol. The predicted octanol–water partition coefficient (Wildman–Crippen LogP) is 3.93. The van der Waals surface area contributed by atoms with Crippen molar-refractivity contribution < 1.29 is 19.1 Å². The van der Waals surface area contributed by atoms with Crippen LogP contribution in [0.2, 0.25) is 0 Å². The molecule has 1 aromatic carbocycles. The zero-order valence-corrected chi connectivity index (χ0v) is 15.4. The van der Waals surface area contributed by atoms with Crippen LogP contribution in [0.25, 0.3) is 20.7 Å². The van der Waals surface area contributed by atoms with Gasteiger partial charge in [0.1, 0.15) is 16.2 Å². The number of hydrogen-bond acceptors (Lipinski definition) is 8. The molecule has 3 aromatic rings. The molecule has 0 aliphatic carbocycles. The van der Waals surface area contributed by atoms with Crippen LogP contribution >= 0.6 is 23.1 Å². The normalized spacial score (nSPS) is 10.7. The minimum Gasteiger partial charge on any atom is -0.423 e. The van der Waals surface area contributed by atoms with Gasteiger partial charge in [-0.1, -0.05) is 0 Å². The molecule has 25 heavy (non-hydrogen) atoms. The third-order valence-electron chi connectivity index (χ3n) is 3.22. The summed E-state index contributed by atoms with van der Waals surface area (Å²) in [6.07, 6.45) is 3.51. The average Bonchev–Trinajstić information content (AvgIpc) is 2.99. The van der Waals surface area contributed by atoms with Crippen molar-refractivity contribution in [2.75, 3.05) is 6.26 Å². The molecule has 3 rings (SSSR count). The molecule has 0 saturated heterocycles. The molecule has 0 unspecified atom stereocenters. The maximum Gasteiger partial charge on any atom is 0.308 e. The molecule has 6 nitrogen and oxygen atoms in total. The molecule has 0 N–H and O–H groups in total. The molecule has 8 heteroatoms. The lowest BCUT2D eigenvalue weighted by Gasteiger charge is -2.09. The van der Waals surface area contributed by atoms with Gasteiger partial charge in [-0.05, 0) is 36.1 Å². The minimum atomic E-state index is -0.488. The number of fused-ring (bicyclic) bond motifs is 1. The number of benzene rings is 1. The summed E-state index contributed by atoms with van der Waals surface area (Å²) in [5.41, 5.74) is 0.835. The van der Waals surface area contributed by atoms with E-state index in [-0.39, 0.29) is 11.5 Å². The summed E-state index contributed by atoms with van der Waals surface area (Å²) < 4.78 is 10.3. The van der Waals surface area contributed by atoms with Gasteiger partial charge in [-0.25, -0.2) is 9.97 Å². The highest BCUT2D eigenvalue weighted by Crippen LogP contribution is 2.39. The Kier molecular flexibility index (Phi) is 5.00. The Morgan fingerprint density at radius 2 is 1.76 bits per heavy atom. The Morgan fingerprint density at radius 1 is 1.04 bits per heavy atom. The summed E-state index contributed by atoms with van der Waals surface area (Å²) in [6.45, 7) is 2.59. The predicted molar refractivity (Wildman–Crippen MR) is 97.3 cm³/mol. The van der Waals surface area contributed by atoms with Crippen molar-refractivity contribution in [3.05, 3.63) is 30.6 Å². The van der Waals surface area contributed by atoms with Crippen LogP contribution in [0.3, 0.4) is 0 Å². The summed E-state index contributed by atoms with van der Waals surface area (Å²) in [4.78, 5) is 33.0. The number of rotatable bonds is 4. The lowest BCUT2D eigenvalue weighted by atomic mass is 10.1. The number of ether oxygens (including phenoxy) is 2. The fourth-order valence-corrected chi connectivity index (χ4v) is 3.86. The van der Waals surface area contributed by atoms with Gasteiger partial charge in [0.25, 0.3) is 0 Å². The van der Waals surface area contributed by atoms with Crippen LogP contribution in [0.5, 0.6) is 11.5 Å². The second-order valence-electron chi connectivity index (χ2n) is 5.06. The third-order valence-corrected chi connectivity index (χ3v) is 5.03. The van der Waals surface area contributed by atoms with Crippen molar-refractivity contribution in [1.82, 2.24) is 9.97 Å². The van der Waals surface area contributed by atoms with E-state index in [0.29, 0.717) is 0 Å². The molecule has 128 valence electrons. The molecular formula is C17H14N2O4S2. The van der Waals surface area contributed by atoms with E-state index in [1.165, 1.54) is 25.2 Å². The van der Waals surface area contributed by atoms with Crippen molar-refractivity contribution in [2.45, 2.75) is 18.9 Å². The SMILES string of the molecule is CSc1ncnc2sc(-c3ccc(OC(C)=O)c(OC(C)=O)c3)cc12. The second-order valence-corrected chi connectivity index (χ2v) is 6.89. The summed E-state index contributed by atoms with van der Waals surface area (Å²) >= 11 is 3.07. The van der Waals surface area contributed by atoms with E-state index in [0.717, 1.165) is 25.7 Å². The maximum atomic E-state index is 11.3. The summed E-state index contributed by atoms with van der Waals surface area (Å²) in [5, 5.41) is 1.89. The smallest absolute Gasteiger partial charge is 0.308 e. The number of aromatic nitrogens is 2. The number of carbonyl (C=O) groups is 2. The molecule has 0 spiro atoms. The fraction of sp³-hybridized carbons (Fsp3) is 0.176. The van der Waals surface area contributed by atoms with Gasteiger partial charge in [0.05, 0.1) is 0 Å². The lowest BCUT2D eigenvalue weighted by molar-refractivity contribution is -0.134. The van der Waals surface area contributed by atoms with Crippen molar-refractivity contribution >= 4 is 45.3 Å². The Labute approximate surface area is 152 Å². The molecule has 0 atom stereocenters. The first-order chi connectivity index (χ1) is 12.0. The molecule has 0 bridgehead atoms. The van der Waals surface area contributed by atoms with E-state index in [1.807, 2.05) is 18.4 Å². The van der Waals surface area contributed by atoms with Crippen molar-refractivity contribution in [2.24, 2.45) is 0 Å². The van der Waals surface area contributed by atoms with Gasteiger partial charge in [0.2, 0.25) is 0 Å². The van der Waals surface area contributed by atoms with Crippen molar-refractivity contribution in [1.29, 1.82) is 0 Å². The first-order valence-corrected chi connectivity index (χ1v) is 9.32. The number of nitrogens with zero attached hydrogens (tertiary/aromatic N) is 2. The molecule has 2 heterocycles. The quantitative estimate of drug-likeness (QED) is 0.296. The van der Waals surface area contributed by atoms with E-state index in [1.54, 1.807) is 30.2 Å². The van der Waals surface area contributed by atoms with E-state index in [2.05, 4.69) is 9.97 Å². The first kappa shape index (κ1) is 17.4. The molecule has 2 aromatic heterocycles. The van der Waals surface area contributed by atoms with Crippen LogP contribution < -0.4 is 9.47 Å². The van der Waals surface area contributed by atoms with Crippen LogP contribution in [0, 0.1) is 0 Å². The molecule has 0 aliphatic rings. The van der Waals surface area contributed by atoms with Crippen LogP contribution in [-0.4, -0.2) is 28.2 Å². The van der Waals surface area contributed by atoms with Gasteiger partial charge in [-0.2, -0.15) is 0 Å². The number of esters is 2. The zero-order chi connectivity index (χ0) is 18.0. The third kappa shape index (κ3) is 3.80. The molecule has 0 radical (unpaired) electrons. The van der Waals surface area contributed by atoms with Gasteiger partial charge in [0.15, 0.2) is 11.5 Å². The Hall–Kier alpha value is -2.45. The maximum absolute atomic E-state index is 11.3. The van der Waals surface area contributed by atoms with Gasteiger partial charge in [-0.15, -0.1) is 23.1 Å². The van der Waals surface area contributed by atoms with Gasteiger partial charge in [-0.3, -0.25) is 9.59 Å². The van der Waals surface area contributed by atoms with Crippen LogP contribution in [0.4, 0.5) is 0 Å². The fourth-order valence-electron chi connectivity index (χ4n) is 2.27. The van der Waals surface area contributed by atoms with E-state index in [4.69, 9.17) is 9.47 Å². The van der Waals surface area contributed by atoms with Crippen LogP contribution in [-0.2, 0) is 9.59 Å². The van der Waals surface area contributed by atoms with Gasteiger partial charge < -0.3 is 9.47 Å². The van der Waals surface area contributed by atoms with E-state index in [9.17, 15) is 9.59 Å². The summed E-state index contributed by atoms with van der Waals surface area (Å²) in [7, 11) is 0. The Balaban J connectivity index is 2.07. The van der Waals surface area contributed by atoms with Gasteiger partial charge in [0, 0.05) is 24.1 Å². The zero-order valence-electron chi connectivity index (χ0n) is 13.7. The number of thiophene rings is 1. The molecular weight excluding hydrogens is 360 g/mol. The topological polar surface area (TPSA) is 78.4 Å². The highest BCUT2D eigenvalue weighted by molar-refractivity contribution is 7.98. The van der Waals surface area contributed by atoms with Crippen molar-refractivity contribution in [3.63, 3.8) is 0 Å². The average molecular weight is 374 g/mol. The summed E-state index contributed by atoms with van der Waals surface area (Å²) in [6, 6.07) is 7.10. The number of thioether (sulfide) groups is 1. The molecule has 0 saturated carbocycles. The molecule has 0 aliphatic heterocycles. The van der Waals surface area contributed by atoms with Crippen LogP contribution in [0.1, 0.15) is 13.8 Å². The van der Waals surface area contributed by atoms with E-state index >= 15 is 0 Å².